The number of hydrogen-bond acceptors (Lipinski definition) is 2. The minimum Gasteiger partial charge on any atom is -0.396 e. The number of piperidine rings is 1. The van der Waals surface area contributed by atoms with E-state index in [1.54, 1.807) is 0 Å². The molecule has 0 aromatic carbocycles. The standard InChI is InChI=1S/C13H26N2O2/c1-4-10(2)11(3)14-13(17)15-7-5-12(9-16)6-8-15/h10-12,16H,4-9H2,1-3H3,(H,14,17). The molecule has 0 aromatic rings. The van der Waals surface area contributed by atoms with E-state index >= 15 is 0 Å². The summed E-state index contributed by atoms with van der Waals surface area (Å²) in [6.07, 6.45) is 2.91. The first-order valence-electron chi connectivity index (χ1n) is 6.74. The van der Waals surface area contributed by atoms with Crippen LogP contribution in [0.25, 0.3) is 0 Å². The first-order chi connectivity index (χ1) is 8.08. The zero-order valence-electron chi connectivity index (χ0n) is 11.3. The Morgan fingerprint density at radius 3 is 2.47 bits per heavy atom. The van der Waals surface area contributed by atoms with E-state index < -0.39 is 0 Å². The number of likely N-dealkylation sites (tertiary alicyclic amines) is 1. The number of nitrogens with zero attached hydrogens (tertiary/aromatic N) is 1. The van der Waals surface area contributed by atoms with Crippen LogP contribution in [0.15, 0.2) is 0 Å². The van der Waals surface area contributed by atoms with Gasteiger partial charge in [0.05, 0.1) is 0 Å². The van der Waals surface area contributed by atoms with Gasteiger partial charge in [-0.25, -0.2) is 4.79 Å². The number of rotatable bonds is 4. The van der Waals surface area contributed by atoms with E-state index in [1.165, 1.54) is 0 Å². The normalized spacial score (nSPS) is 21.1. The van der Waals surface area contributed by atoms with Crippen LogP contribution < -0.4 is 5.32 Å². The molecule has 100 valence electrons. The van der Waals surface area contributed by atoms with Crippen LogP contribution in [-0.4, -0.2) is 41.8 Å². The quantitative estimate of drug-likeness (QED) is 0.790. The molecule has 1 rings (SSSR count). The minimum absolute atomic E-state index is 0.0502. The first kappa shape index (κ1) is 14.3. The summed E-state index contributed by atoms with van der Waals surface area (Å²) in [5, 5.41) is 12.1. The molecule has 2 atom stereocenters. The maximum absolute atomic E-state index is 12.0. The highest BCUT2D eigenvalue weighted by Gasteiger charge is 2.23. The van der Waals surface area contributed by atoms with E-state index in [2.05, 4.69) is 26.1 Å². The third-order valence-electron chi connectivity index (χ3n) is 4.01. The first-order valence-corrected chi connectivity index (χ1v) is 6.74. The van der Waals surface area contributed by atoms with E-state index in [0.29, 0.717) is 11.8 Å². The molecule has 0 spiro atoms. The average Bonchev–Trinajstić information content (AvgIpc) is 2.37. The molecule has 2 unspecified atom stereocenters. The zero-order chi connectivity index (χ0) is 12.8. The number of amides is 2. The number of nitrogens with one attached hydrogen (secondary N) is 1. The summed E-state index contributed by atoms with van der Waals surface area (Å²) in [5.74, 6) is 0.889. The maximum Gasteiger partial charge on any atom is 0.317 e. The van der Waals surface area contributed by atoms with E-state index in [4.69, 9.17) is 5.11 Å². The Kier molecular flexibility index (Phi) is 5.75. The van der Waals surface area contributed by atoms with Gasteiger partial charge >= 0.3 is 6.03 Å². The molecule has 0 saturated carbocycles. The van der Waals surface area contributed by atoms with E-state index in [-0.39, 0.29) is 18.7 Å². The number of aliphatic hydroxyl groups is 1. The van der Waals surface area contributed by atoms with Gasteiger partial charge in [0, 0.05) is 25.7 Å². The van der Waals surface area contributed by atoms with Crippen LogP contribution in [0.4, 0.5) is 4.79 Å². The minimum atomic E-state index is 0.0502. The highest BCUT2D eigenvalue weighted by molar-refractivity contribution is 5.74. The Bertz CT molecular complexity index is 238. The molecule has 1 fully saturated rings. The predicted molar refractivity (Wildman–Crippen MR) is 68.8 cm³/mol. The summed E-state index contributed by atoms with van der Waals surface area (Å²) >= 11 is 0. The maximum atomic E-state index is 12.0. The third-order valence-corrected chi connectivity index (χ3v) is 4.01. The molecular weight excluding hydrogens is 216 g/mol. The molecule has 1 aliphatic heterocycles. The highest BCUT2D eigenvalue weighted by Crippen LogP contribution is 2.16. The van der Waals surface area contributed by atoms with Crippen molar-refractivity contribution in [3.05, 3.63) is 0 Å². The Morgan fingerprint density at radius 2 is 2.00 bits per heavy atom. The summed E-state index contributed by atoms with van der Waals surface area (Å²) in [6, 6.07) is 0.275. The van der Waals surface area contributed by atoms with Crippen molar-refractivity contribution in [2.24, 2.45) is 11.8 Å². The van der Waals surface area contributed by atoms with Gasteiger partial charge in [0.25, 0.3) is 0 Å². The lowest BCUT2D eigenvalue weighted by atomic mass is 9.98. The number of hydrogen-bond donors (Lipinski definition) is 2. The van der Waals surface area contributed by atoms with Crippen LogP contribution in [-0.2, 0) is 0 Å². The van der Waals surface area contributed by atoms with E-state index in [0.717, 1.165) is 32.4 Å². The summed E-state index contributed by atoms with van der Waals surface area (Å²) in [6.45, 7) is 8.14. The summed E-state index contributed by atoms with van der Waals surface area (Å²) in [5.41, 5.74) is 0. The van der Waals surface area contributed by atoms with Crippen LogP contribution in [0.2, 0.25) is 0 Å². The van der Waals surface area contributed by atoms with Crippen LogP contribution in [0.5, 0.6) is 0 Å². The van der Waals surface area contributed by atoms with Gasteiger partial charge in [-0.3, -0.25) is 0 Å². The van der Waals surface area contributed by atoms with Gasteiger partial charge in [0.15, 0.2) is 0 Å². The van der Waals surface area contributed by atoms with Crippen molar-refractivity contribution >= 4 is 6.03 Å². The van der Waals surface area contributed by atoms with Gasteiger partial charge in [0.1, 0.15) is 0 Å². The van der Waals surface area contributed by atoms with Crippen molar-refractivity contribution in [3.8, 4) is 0 Å². The fourth-order valence-electron chi connectivity index (χ4n) is 2.10. The topological polar surface area (TPSA) is 52.6 Å². The molecule has 0 radical (unpaired) electrons. The van der Waals surface area contributed by atoms with Crippen molar-refractivity contribution in [2.75, 3.05) is 19.7 Å². The molecule has 4 nitrogen and oxygen atoms in total. The Labute approximate surface area is 104 Å². The second-order valence-corrected chi connectivity index (χ2v) is 5.24. The largest absolute Gasteiger partial charge is 0.396 e. The molecule has 0 aliphatic carbocycles. The fraction of sp³-hybridized carbons (Fsp3) is 0.923. The van der Waals surface area contributed by atoms with Crippen LogP contribution >= 0.6 is 0 Å². The van der Waals surface area contributed by atoms with Crippen molar-refractivity contribution in [1.82, 2.24) is 10.2 Å². The number of carbonyl (C=O) groups is 1. The smallest absolute Gasteiger partial charge is 0.317 e. The lowest BCUT2D eigenvalue weighted by molar-refractivity contribution is 0.134. The third kappa shape index (κ3) is 4.19. The zero-order valence-corrected chi connectivity index (χ0v) is 11.3. The van der Waals surface area contributed by atoms with Crippen LogP contribution in [0.1, 0.15) is 40.0 Å². The molecule has 0 bridgehead atoms. The Morgan fingerprint density at radius 1 is 1.41 bits per heavy atom. The summed E-state index contributed by atoms with van der Waals surface area (Å²) < 4.78 is 0. The second kappa shape index (κ2) is 6.84. The summed E-state index contributed by atoms with van der Waals surface area (Å²) in [7, 11) is 0. The molecule has 0 aromatic heterocycles. The molecular formula is C13H26N2O2. The van der Waals surface area contributed by atoms with Crippen molar-refractivity contribution in [3.63, 3.8) is 0 Å². The van der Waals surface area contributed by atoms with Gasteiger partial charge in [-0.15, -0.1) is 0 Å². The van der Waals surface area contributed by atoms with Gasteiger partial charge in [-0.1, -0.05) is 20.3 Å². The Balaban J connectivity index is 2.34. The predicted octanol–water partition coefficient (Wildman–Crippen LogP) is 1.83. The number of carbonyl (C=O) groups excluding carboxylic acids is 1. The average molecular weight is 242 g/mol. The Hall–Kier alpha value is -0.770. The lowest BCUT2D eigenvalue weighted by Crippen LogP contribution is -2.48. The van der Waals surface area contributed by atoms with Crippen LogP contribution in [0.3, 0.4) is 0 Å². The molecule has 2 N–H and O–H groups in total. The van der Waals surface area contributed by atoms with Crippen molar-refractivity contribution in [1.29, 1.82) is 0 Å². The number of aliphatic hydroxyl groups excluding tert-OH is 1. The van der Waals surface area contributed by atoms with E-state index in [9.17, 15) is 4.79 Å². The second-order valence-electron chi connectivity index (χ2n) is 5.24. The molecule has 1 saturated heterocycles. The SMILES string of the molecule is CCC(C)C(C)NC(=O)N1CCC(CO)CC1. The molecule has 4 heteroatoms. The molecule has 1 aliphatic rings. The van der Waals surface area contributed by atoms with Gasteiger partial charge in [0.2, 0.25) is 0 Å². The highest BCUT2D eigenvalue weighted by atomic mass is 16.3. The van der Waals surface area contributed by atoms with Crippen molar-refractivity contribution < 1.29 is 9.90 Å². The van der Waals surface area contributed by atoms with Gasteiger partial charge < -0.3 is 15.3 Å². The molecule has 17 heavy (non-hydrogen) atoms. The summed E-state index contributed by atoms with van der Waals surface area (Å²) in [4.78, 5) is 13.8. The molecule has 1 heterocycles. The molecule has 2 amide bonds. The van der Waals surface area contributed by atoms with Crippen LogP contribution in [0, 0.1) is 11.8 Å². The van der Waals surface area contributed by atoms with Gasteiger partial charge in [-0.2, -0.15) is 0 Å². The van der Waals surface area contributed by atoms with Crippen molar-refractivity contribution in [2.45, 2.75) is 46.1 Å². The van der Waals surface area contributed by atoms with E-state index in [1.807, 2.05) is 4.90 Å². The fourth-order valence-corrected chi connectivity index (χ4v) is 2.10. The lowest BCUT2D eigenvalue weighted by Gasteiger charge is -2.32. The number of urea groups is 1. The van der Waals surface area contributed by atoms with Gasteiger partial charge in [-0.05, 0) is 31.6 Å². The monoisotopic (exact) mass is 242 g/mol.